The van der Waals surface area contributed by atoms with Crippen molar-refractivity contribution < 1.29 is 5.11 Å². The lowest BCUT2D eigenvalue weighted by Crippen LogP contribution is -2.08. The van der Waals surface area contributed by atoms with Crippen LogP contribution >= 0.6 is 11.8 Å². The predicted octanol–water partition coefficient (Wildman–Crippen LogP) is 2.54. The zero-order valence-electron chi connectivity index (χ0n) is 7.84. The van der Waals surface area contributed by atoms with Gasteiger partial charge in [0.1, 0.15) is 0 Å². The van der Waals surface area contributed by atoms with Gasteiger partial charge in [0, 0.05) is 5.25 Å². The van der Waals surface area contributed by atoms with Crippen molar-refractivity contribution >= 4 is 11.8 Å². The molecule has 0 heterocycles. The molecule has 0 saturated carbocycles. The van der Waals surface area contributed by atoms with Crippen molar-refractivity contribution in [3.05, 3.63) is 0 Å². The van der Waals surface area contributed by atoms with Crippen LogP contribution in [-0.4, -0.2) is 22.7 Å². The van der Waals surface area contributed by atoms with Gasteiger partial charge in [-0.3, -0.25) is 0 Å². The number of hydrogen-bond acceptors (Lipinski definition) is 2. The second-order valence-electron chi connectivity index (χ2n) is 3.01. The van der Waals surface area contributed by atoms with E-state index in [1.54, 1.807) is 0 Å². The molecule has 2 heteroatoms. The van der Waals surface area contributed by atoms with Crippen molar-refractivity contribution in [3.63, 3.8) is 0 Å². The van der Waals surface area contributed by atoms with Crippen LogP contribution in [0.1, 0.15) is 33.6 Å². The smallest absolute Gasteiger partial charge is 0.0547 e. The van der Waals surface area contributed by atoms with Gasteiger partial charge >= 0.3 is 0 Å². The summed E-state index contributed by atoms with van der Waals surface area (Å²) in [6, 6.07) is 0. The zero-order chi connectivity index (χ0) is 8.69. The van der Waals surface area contributed by atoms with Gasteiger partial charge in [-0.25, -0.2) is 0 Å². The van der Waals surface area contributed by atoms with E-state index in [1.165, 1.54) is 18.6 Å². The first-order valence-corrected chi connectivity index (χ1v) is 5.51. The zero-order valence-corrected chi connectivity index (χ0v) is 8.66. The summed E-state index contributed by atoms with van der Waals surface area (Å²) in [5.74, 6) is 2.04. The maximum atomic E-state index is 8.77. The number of aliphatic hydroxyl groups is 1. The summed E-state index contributed by atoms with van der Waals surface area (Å²) in [6.45, 7) is 6.86. The fraction of sp³-hybridized carbons (Fsp3) is 1.00. The molecule has 68 valence electrons. The Morgan fingerprint density at radius 2 is 1.82 bits per heavy atom. The Kier molecular flexibility index (Phi) is 7.18. The van der Waals surface area contributed by atoms with Crippen LogP contribution in [0, 0.1) is 5.92 Å². The summed E-state index contributed by atoms with van der Waals surface area (Å²) in [6.07, 6.45) is 2.53. The highest BCUT2D eigenvalue weighted by atomic mass is 32.2. The van der Waals surface area contributed by atoms with E-state index in [1.807, 2.05) is 11.8 Å². The third kappa shape index (κ3) is 5.57. The van der Waals surface area contributed by atoms with Crippen molar-refractivity contribution in [1.29, 1.82) is 0 Å². The summed E-state index contributed by atoms with van der Waals surface area (Å²) in [5, 5.41) is 9.18. The highest BCUT2D eigenvalue weighted by Crippen LogP contribution is 2.18. The van der Waals surface area contributed by atoms with Crippen LogP contribution in [0.2, 0.25) is 0 Å². The van der Waals surface area contributed by atoms with E-state index in [-0.39, 0.29) is 0 Å². The maximum absolute atomic E-state index is 8.77. The van der Waals surface area contributed by atoms with Crippen molar-refractivity contribution in [2.75, 3.05) is 12.4 Å². The Bertz CT molecular complexity index is 81.6. The predicted molar refractivity (Wildman–Crippen MR) is 53.1 cm³/mol. The largest absolute Gasteiger partial charge is 0.395 e. The van der Waals surface area contributed by atoms with Gasteiger partial charge in [-0.05, 0) is 11.7 Å². The van der Waals surface area contributed by atoms with Crippen LogP contribution in [-0.2, 0) is 0 Å². The molecule has 0 aromatic heterocycles. The van der Waals surface area contributed by atoms with E-state index in [9.17, 15) is 0 Å². The Morgan fingerprint density at radius 1 is 1.27 bits per heavy atom. The van der Waals surface area contributed by atoms with E-state index in [0.717, 1.165) is 5.92 Å². The van der Waals surface area contributed by atoms with Crippen LogP contribution in [0.4, 0.5) is 0 Å². The number of rotatable bonds is 6. The Labute approximate surface area is 74.6 Å². The van der Waals surface area contributed by atoms with Gasteiger partial charge in [-0.2, -0.15) is 11.8 Å². The van der Waals surface area contributed by atoms with Crippen molar-refractivity contribution in [2.45, 2.75) is 38.9 Å². The fourth-order valence-electron chi connectivity index (χ4n) is 0.877. The normalized spacial score (nSPS) is 13.9. The Morgan fingerprint density at radius 3 is 2.18 bits per heavy atom. The quantitative estimate of drug-likeness (QED) is 0.671. The van der Waals surface area contributed by atoms with Crippen molar-refractivity contribution in [3.8, 4) is 0 Å². The molecule has 0 aliphatic rings. The lowest BCUT2D eigenvalue weighted by Gasteiger charge is -2.14. The minimum Gasteiger partial charge on any atom is -0.395 e. The minimum absolute atomic E-state index is 0.310. The van der Waals surface area contributed by atoms with Gasteiger partial charge in [0.25, 0.3) is 0 Å². The molecule has 0 spiro atoms. The summed E-state index contributed by atoms with van der Waals surface area (Å²) in [4.78, 5) is 0. The maximum Gasteiger partial charge on any atom is 0.0547 e. The highest BCUT2D eigenvalue weighted by molar-refractivity contribution is 7.99. The standard InChI is InChI=1S/C9H20OS/c1-4-9(5-2)7-11-8(3)6-10/h8-10H,4-7H2,1-3H3. The molecule has 0 saturated heterocycles. The number of thioether (sulfide) groups is 1. The summed E-state index contributed by atoms with van der Waals surface area (Å²) in [5.41, 5.74) is 0. The van der Waals surface area contributed by atoms with E-state index >= 15 is 0 Å². The molecule has 0 aromatic rings. The molecule has 1 unspecified atom stereocenters. The SMILES string of the molecule is CCC(CC)CSC(C)CO. The molecule has 0 bridgehead atoms. The molecule has 11 heavy (non-hydrogen) atoms. The molecule has 0 rings (SSSR count). The summed E-state index contributed by atoms with van der Waals surface area (Å²) >= 11 is 1.88. The second kappa shape index (κ2) is 6.99. The average Bonchev–Trinajstić information content (AvgIpc) is 2.06. The Balaban J connectivity index is 3.34. The van der Waals surface area contributed by atoms with Crippen LogP contribution < -0.4 is 0 Å². The molecule has 0 aliphatic heterocycles. The van der Waals surface area contributed by atoms with Crippen LogP contribution in [0.25, 0.3) is 0 Å². The minimum atomic E-state index is 0.310. The summed E-state index contributed by atoms with van der Waals surface area (Å²) < 4.78 is 0. The molecule has 0 radical (unpaired) electrons. The van der Waals surface area contributed by atoms with Crippen molar-refractivity contribution in [1.82, 2.24) is 0 Å². The monoisotopic (exact) mass is 176 g/mol. The lowest BCUT2D eigenvalue weighted by molar-refractivity contribution is 0.300. The third-order valence-corrected chi connectivity index (χ3v) is 3.41. The molecule has 0 aromatic carbocycles. The Hall–Kier alpha value is 0.310. The molecule has 1 N–H and O–H groups in total. The number of hydrogen-bond donors (Lipinski definition) is 1. The summed E-state index contributed by atoms with van der Waals surface area (Å²) in [7, 11) is 0. The molecular weight excluding hydrogens is 156 g/mol. The first-order chi connectivity index (χ1) is 5.24. The van der Waals surface area contributed by atoms with E-state index in [2.05, 4.69) is 20.8 Å². The fourth-order valence-corrected chi connectivity index (χ4v) is 2.05. The lowest BCUT2D eigenvalue weighted by atomic mass is 10.1. The third-order valence-electron chi connectivity index (χ3n) is 2.03. The number of aliphatic hydroxyl groups excluding tert-OH is 1. The van der Waals surface area contributed by atoms with Crippen molar-refractivity contribution in [2.24, 2.45) is 5.92 Å². The van der Waals surface area contributed by atoms with Gasteiger partial charge in [0.05, 0.1) is 6.61 Å². The van der Waals surface area contributed by atoms with E-state index in [0.29, 0.717) is 11.9 Å². The average molecular weight is 176 g/mol. The molecule has 0 fully saturated rings. The molecule has 0 aliphatic carbocycles. The van der Waals surface area contributed by atoms with Crippen LogP contribution in [0.5, 0.6) is 0 Å². The molecule has 1 atom stereocenters. The van der Waals surface area contributed by atoms with Gasteiger partial charge < -0.3 is 5.11 Å². The van der Waals surface area contributed by atoms with Gasteiger partial charge in [0.15, 0.2) is 0 Å². The van der Waals surface area contributed by atoms with Gasteiger partial charge in [-0.1, -0.05) is 33.6 Å². The van der Waals surface area contributed by atoms with Gasteiger partial charge in [-0.15, -0.1) is 0 Å². The molecule has 1 nitrogen and oxygen atoms in total. The van der Waals surface area contributed by atoms with E-state index < -0.39 is 0 Å². The van der Waals surface area contributed by atoms with E-state index in [4.69, 9.17) is 5.11 Å². The van der Waals surface area contributed by atoms with Gasteiger partial charge in [0.2, 0.25) is 0 Å². The topological polar surface area (TPSA) is 20.2 Å². The highest BCUT2D eigenvalue weighted by Gasteiger charge is 2.06. The first kappa shape index (κ1) is 11.3. The molecular formula is C9H20OS. The second-order valence-corrected chi connectivity index (χ2v) is 4.48. The van der Waals surface area contributed by atoms with Crippen LogP contribution in [0.15, 0.2) is 0 Å². The first-order valence-electron chi connectivity index (χ1n) is 4.47. The molecule has 0 amide bonds. The van der Waals surface area contributed by atoms with Crippen LogP contribution in [0.3, 0.4) is 0 Å².